The molecule has 2 saturated heterocycles. The van der Waals surface area contributed by atoms with E-state index >= 15 is 0 Å². The number of hydrogen-bond donors (Lipinski definition) is 0. The average Bonchev–Trinajstić information content (AvgIpc) is 3.06. The number of esters is 1. The molecular formula is C20H18N2O3. The van der Waals surface area contributed by atoms with E-state index in [0.717, 1.165) is 11.1 Å². The molecule has 0 bridgehead atoms. The fourth-order valence-electron chi connectivity index (χ4n) is 3.49. The number of carbonyl (C=O) groups excluding carboxylic acids is 2. The lowest BCUT2D eigenvalue weighted by molar-refractivity contribution is -0.139. The van der Waals surface area contributed by atoms with Crippen molar-refractivity contribution < 1.29 is 14.3 Å². The zero-order valence-electron chi connectivity index (χ0n) is 13.7. The topological polar surface area (TPSA) is 49.9 Å². The Labute approximate surface area is 146 Å². The number of urea groups is 1. The summed E-state index contributed by atoms with van der Waals surface area (Å²) in [7, 11) is 0. The number of nitrogens with zero attached hydrogens (tertiary/aromatic N) is 2. The van der Waals surface area contributed by atoms with Gasteiger partial charge >= 0.3 is 12.0 Å². The molecule has 126 valence electrons. The van der Waals surface area contributed by atoms with Gasteiger partial charge in [0.15, 0.2) is 6.04 Å². The highest BCUT2D eigenvalue weighted by molar-refractivity contribution is 5.92. The van der Waals surface area contributed by atoms with Crippen LogP contribution in [0.25, 0.3) is 0 Å². The number of amides is 2. The first-order chi connectivity index (χ1) is 12.1. The molecule has 0 aromatic heterocycles. The lowest BCUT2D eigenvalue weighted by Gasteiger charge is -2.22. The van der Waals surface area contributed by atoms with Gasteiger partial charge in [-0.2, -0.15) is 0 Å². The molecule has 2 aromatic carbocycles. The first-order valence-corrected chi connectivity index (χ1v) is 8.21. The van der Waals surface area contributed by atoms with Gasteiger partial charge in [0, 0.05) is 13.1 Å². The van der Waals surface area contributed by atoms with Gasteiger partial charge in [0.05, 0.1) is 0 Å². The van der Waals surface area contributed by atoms with Crippen LogP contribution in [0.4, 0.5) is 4.79 Å². The first kappa shape index (κ1) is 15.4. The Morgan fingerprint density at radius 3 is 1.80 bits per heavy atom. The summed E-state index contributed by atoms with van der Waals surface area (Å²) >= 11 is 0. The Hall–Kier alpha value is -3.08. The molecule has 0 aliphatic carbocycles. The van der Waals surface area contributed by atoms with Gasteiger partial charge in [-0.05, 0) is 11.1 Å². The third-order valence-corrected chi connectivity index (χ3v) is 4.66. The summed E-state index contributed by atoms with van der Waals surface area (Å²) in [5.74, 6) is -0.0651. The van der Waals surface area contributed by atoms with Crippen molar-refractivity contribution in [3.63, 3.8) is 0 Å². The van der Waals surface area contributed by atoms with Crippen molar-refractivity contribution in [1.82, 2.24) is 9.80 Å². The molecule has 0 radical (unpaired) electrons. The highest BCUT2D eigenvalue weighted by Gasteiger charge is 2.56. The lowest BCUT2D eigenvalue weighted by atomic mass is 10.1. The first-order valence-electron chi connectivity index (χ1n) is 8.21. The molecule has 4 rings (SSSR count). The highest BCUT2D eigenvalue weighted by Crippen LogP contribution is 2.36. The Morgan fingerprint density at radius 1 is 0.800 bits per heavy atom. The van der Waals surface area contributed by atoms with E-state index in [1.807, 2.05) is 60.7 Å². The normalized spacial score (nSPS) is 22.3. The summed E-state index contributed by atoms with van der Waals surface area (Å²) in [4.78, 5) is 28.6. The Morgan fingerprint density at radius 2 is 1.28 bits per heavy atom. The molecule has 2 aromatic rings. The SMILES string of the molecule is C=C1OC(=O)[C@H]2[C@@H]1N(Cc1ccccc1)C(=O)N2Cc1ccccc1. The maximum absolute atomic E-state index is 13.0. The Kier molecular flexibility index (Phi) is 3.76. The molecule has 5 nitrogen and oxygen atoms in total. The van der Waals surface area contributed by atoms with Gasteiger partial charge in [0.25, 0.3) is 0 Å². The van der Waals surface area contributed by atoms with E-state index in [4.69, 9.17) is 4.74 Å². The summed E-state index contributed by atoms with van der Waals surface area (Å²) < 4.78 is 5.24. The van der Waals surface area contributed by atoms with Crippen LogP contribution in [0.15, 0.2) is 73.0 Å². The molecule has 0 spiro atoms. The van der Waals surface area contributed by atoms with Crippen molar-refractivity contribution in [2.24, 2.45) is 0 Å². The van der Waals surface area contributed by atoms with Crippen molar-refractivity contribution in [2.45, 2.75) is 25.2 Å². The zero-order chi connectivity index (χ0) is 17.4. The highest BCUT2D eigenvalue weighted by atomic mass is 16.5. The molecule has 2 aliphatic heterocycles. The standard InChI is InChI=1S/C20H18N2O3/c1-14-17-18(19(23)25-14)22(13-16-10-6-3-7-11-16)20(24)21(17)12-15-8-4-2-5-9-15/h2-11,17-18H,1,12-13H2/t17-,18-/m1/s1. The van der Waals surface area contributed by atoms with Crippen LogP contribution in [0.1, 0.15) is 11.1 Å². The van der Waals surface area contributed by atoms with Gasteiger partial charge in [-0.25, -0.2) is 9.59 Å². The quantitative estimate of drug-likeness (QED) is 0.808. The summed E-state index contributed by atoms with van der Waals surface area (Å²) in [5, 5.41) is 0. The van der Waals surface area contributed by atoms with Gasteiger partial charge in [0.2, 0.25) is 0 Å². The van der Waals surface area contributed by atoms with Gasteiger partial charge in [0.1, 0.15) is 11.8 Å². The molecule has 2 aliphatic rings. The second-order valence-corrected chi connectivity index (χ2v) is 6.29. The van der Waals surface area contributed by atoms with Gasteiger partial charge in [-0.15, -0.1) is 0 Å². The van der Waals surface area contributed by atoms with Crippen LogP contribution in [0.5, 0.6) is 0 Å². The monoisotopic (exact) mass is 334 g/mol. The summed E-state index contributed by atoms with van der Waals surface area (Å²) in [6.45, 7) is 4.64. The molecule has 2 heterocycles. The molecule has 25 heavy (non-hydrogen) atoms. The maximum Gasteiger partial charge on any atom is 0.336 e. The van der Waals surface area contributed by atoms with Gasteiger partial charge in [-0.3, -0.25) is 0 Å². The zero-order valence-corrected chi connectivity index (χ0v) is 13.7. The van der Waals surface area contributed by atoms with Crippen molar-refractivity contribution >= 4 is 12.0 Å². The molecule has 2 amide bonds. The second kappa shape index (κ2) is 6.09. The molecule has 2 fully saturated rings. The smallest absolute Gasteiger partial charge is 0.336 e. The van der Waals surface area contributed by atoms with Crippen molar-refractivity contribution in [3.05, 3.63) is 84.1 Å². The summed E-state index contributed by atoms with van der Waals surface area (Å²) in [6, 6.07) is 18.1. The van der Waals surface area contributed by atoms with E-state index in [1.165, 1.54) is 0 Å². The van der Waals surface area contributed by atoms with Crippen LogP contribution >= 0.6 is 0 Å². The number of rotatable bonds is 4. The lowest BCUT2D eigenvalue weighted by Crippen LogP contribution is -2.38. The van der Waals surface area contributed by atoms with Crippen LogP contribution in [-0.4, -0.2) is 33.9 Å². The predicted molar refractivity (Wildman–Crippen MR) is 92.2 cm³/mol. The average molecular weight is 334 g/mol. The van der Waals surface area contributed by atoms with E-state index in [2.05, 4.69) is 6.58 Å². The fraction of sp³-hybridized carbons (Fsp3) is 0.200. The van der Waals surface area contributed by atoms with E-state index in [-0.39, 0.29) is 6.03 Å². The molecular weight excluding hydrogens is 316 g/mol. The molecule has 5 heteroatoms. The summed E-state index contributed by atoms with van der Waals surface area (Å²) in [6.07, 6.45) is 0. The number of cyclic esters (lactones) is 1. The molecule has 0 unspecified atom stereocenters. The minimum absolute atomic E-state index is 0.166. The van der Waals surface area contributed by atoms with E-state index < -0.39 is 18.1 Å². The minimum atomic E-state index is -0.635. The Bertz CT molecular complexity index is 752. The number of fused-ring (bicyclic) bond motifs is 1. The van der Waals surface area contributed by atoms with E-state index in [0.29, 0.717) is 18.8 Å². The summed E-state index contributed by atoms with van der Waals surface area (Å²) in [5.41, 5.74) is 1.98. The second-order valence-electron chi connectivity index (χ2n) is 6.29. The van der Waals surface area contributed by atoms with Crippen molar-refractivity contribution in [3.8, 4) is 0 Å². The number of benzene rings is 2. The largest absolute Gasteiger partial charge is 0.428 e. The fourth-order valence-corrected chi connectivity index (χ4v) is 3.49. The van der Waals surface area contributed by atoms with Crippen LogP contribution in [-0.2, 0) is 22.6 Å². The third kappa shape index (κ3) is 2.67. The molecule has 0 saturated carbocycles. The minimum Gasteiger partial charge on any atom is -0.428 e. The predicted octanol–water partition coefficient (Wildman–Crippen LogP) is 2.93. The van der Waals surface area contributed by atoms with E-state index in [1.54, 1.807) is 9.80 Å². The van der Waals surface area contributed by atoms with Crippen molar-refractivity contribution in [1.29, 1.82) is 0 Å². The van der Waals surface area contributed by atoms with Crippen molar-refractivity contribution in [2.75, 3.05) is 0 Å². The van der Waals surface area contributed by atoms with Crippen LogP contribution < -0.4 is 0 Å². The number of carbonyl (C=O) groups is 2. The van der Waals surface area contributed by atoms with E-state index in [9.17, 15) is 9.59 Å². The van der Waals surface area contributed by atoms with Gasteiger partial charge < -0.3 is 14.5 Å². The van der Waals surface area contributed by atoms with Gasteiger partial charge in [-0.1, -0.05) is 67.2 Å². The Balaban J connectivity index is 1.65. The maximum atomic E-state index is 13.0. The number of ether oxygens (including phenoxy) is 1. The van der Waals surface area contributed by atoms with Crippen LogP contribution in [0.2, 0.25) is 0 Å². The number of hydrogen-bond acceptors (Lipinski definition) is 3. The molecule has 0 N–H and O–H groups in total. The van der Waals surface area contributed by atoms with Crippen LogP contribution in [0, 0.1) is 0 Å². The molecule has 2 atom stereocenters. The van der Waals surface area contributed by atoms with Crippen LogP contribution in [0.3, 0.4) is 0 Å². The third-order valence-electron chi connectivity index (χ3n) is 4.66.